The molecule has 15 heavy (non-hydrogen) atoms. The van der Waals surface area contributed by atoms with E-state index in [0.717, 1.165) is 23.3 Å². The van der Waals surface area contributed by atoms with Crippen molar-refractivity contribution in [1.29, 1.82) is 0 Å². The highest BCUT2D eigenvalue weighted by Crippen LogP contribution is 2.32. The molecular formula is C12H17ClO2. The first-order valence-electron chi connectivity index (χ1n) is 5.11. The molecule has 0 fully saturated rings. The summed E-state index contributed by atoms with van der Waals surface area (Å²) < 4.78 is 5.29. The quantitative estimate of drug-likeness (QED) is 0.859. The number of benzene rings is 1. The molecular weight excluding hydrogens is 212 g/mol. The van der Waals surface area contributed by atoms with Crippen LogP contribution in [0.15, 0.2) is 12.1 Å². The van der Waals surface area contributed by atoms with Crippen molar-refractivity contribution in [2.75, 3.05) is 13.7 Å². The second-order valence-corrected chi connectivity index (χ2v) is 4.05. The molecule has 1 unspecified atom stereocenters. The van der Waals surface area contributed by atoms with Gasteiger partial charge in [0.25, 0.3) is 0 Å². The maximum absolute atomic E-state index is 9.18. The van der Waals surface area contributed by atoms with Gasteiger partial charge < -0.3 is 9.84 Å². The van der Waals surface area contributed by atoms with Crippen molar-refractivity contribution in [1.82, 2.24) is 0 Å². The molecule has 0 saturated heterocycles. The molecule has 1 N–H and O–H groups in total. The highest BCUT2D eigenvalue weighted by molar-refractivity contribution is 6.30. The van der Waals surface area contributed by atoms with Crippen LogP contribution in [0.1, 0.15) is 30.9 Å². The first kappa shape index (κ1) is 12.3. The van der Waals surface area contributed by atoms with E-state index in [2.05, 4.69) is 6.92 Å². The molecule has 1 rings (SSSR count). The molecule has 3 heteroatoms. The third-order valence-corrected chi connectivity index (χ3v) is 2.80. The zero-order valence-electron chi connectivity index (χ0n) is 9.38. The Hall–Kier alpha value is -0.730. The maximum atomic E-state index is 9.18. The molecule has 1 aromatic rings. The molecule has 2 nitrogen and oxygen atoms in total. The fourth-order valence-electron chi connectivity index (χ4n) is 1.73. The summed E-state index contributed by atoms with van der Waals surface area (Å²) in [5, 5.41) is 9.83. The zero-order chi connectivity index (χ0) is 11.4. The van der Waals surface area contributed by atoms with Crippen molar-refractivity contribution >= 4 is 11.6 Å². The Morgan fingerprint density at radius 2 is 2.13 bits per heavy atom. The van der Waals surface area contributed by atoms with Gasteiger partial charge in [0.15, 0.2) is 0 Å². The van der Waals surface area contributed by atoms with Crippen molar-refractivity contribution in [3.8, 4) is 5.75 Å². The van der Waals surface area contributed by atoms with Gasteiger partial charge in [-0.15, -0.1) is 0 Å². The molecule has 0 spiro atoms. The van der Waals surface area contributed by atoms with E-state index in [9.17, 15) is 5.11 Å². The number of aliphatic hydroxyl groups is 1. The molecule has 0 heterocycles. The van der Waals surface area contributed by atoms with Crippen LogP contribution in [0.2, 0.25) is 5.02 Å². The van der Waals surface area contributed by atoms with Gasteiger partial charge >= 0.3 is 0 Å². The molecule has 0 amide bonds. The third kappa shape index (κ3) is 2.64. The molecule has 84 valence electrons. The van der Waals surface area contributed by atoms with Crippen LogP contribution in [0.4, 0.5) is 0 Å². The standard InChI is InChI=1S/C12H17ClO2/c1-4-10-11(8(2)7-14)5-9(13)6-12(10)15-3/h5-6,8,14H,4,7H2,1-3H3. The number of methoxy groups -OCH3 is 1. The van der Waals surface area contributed by atoms with Crippen LogP contribution in [0, 0.1) is 0 Å². The highest BCUT2D eigenvalue weighted by Gasteiger charge is 2.14. The average molecular weight is 229 g/mol. The van der Waals surface area contributed by atoms with E-state index in [1.807, 2.05) is 19.1 Å². The summed E-state index contributed by atoms with van der Waals surface area (Å²) in [5.74, 6) is 0.896. The second kappa shape index (κ2) is 5.38. The van der Waals surface area contributed by atoms with Gasteiger partial charge in [0.2, 0.25) is 0 Å². The SMILES string of the molecule is CCc1c(OC)cc(Cl)cc1C(C)CO. The van der Waals surface area contributed by atoms with Crippen LogP contribution in [-0.4, -0.2) is 18.8 Å². The van der Waals surface area contributed by atoms with Gasteiger partial charge in [-0.05, 0) is 29.7 Å². The molecule has 0 bridgehead atoms. The van der Waals surface area contributed by atoms with Crippen molar-refractivity contribution in [3.05, 3.63) is 28.3 Å². The van der Waals surface area contributed by atoms with Crippen LogP contribution >= 0.6 is 11.6 Å². The minimum absolute atomic E-state index is 0.0903. The van der Waals surface area contributed by atoms with Crippen LogP contribution in [0.25, 0.3) is 0 Å². The maximum Gasteiger partial charge on any atom is 0.123 e. The van der Waals surface area contributed by atoms with Crippen molar-refractivity contribution < 1.29 is 9.84 Å². The average Bonchev–Trinajstić information content (AvgIpc) is 2.26. The van der Waals surface area contributed by atoms with E-state index in [1.165, 1.54) is 0 Å². The van der Waals surface area contributed by atoms with Gasteiger partial charge in [-0.25, -0.2) is 0 Å². The fourth-order valence-corrected chi connectivity index (χ4v) is 1.95. The van der Waals surface area contributed by atoms with Crippen LogP contribution in [0.5, 0.6) is 5.75 Å². The van der Waals surface area contributed by atoms with E-state index in [1.54, 1.807) is 7.11 Å². The van der Waals surface area contributed by atoms with E-state index < -0.39 is 0 Å². The van der Waals surface area contributed by atoms with Gasteiger partial charge in [-0.3, -0.25) is 0 Å². The summed E-state index contributed by atoms with van der Waals surface area (Å²) in [6.45, 7) is 4.17. The summed E-state index contributed by atoms with van der Waals surface area (Å²) >= 11 is 6.00. The van der Waals surface area contributed by atoms with Crippen LogP contribution < -0.4 is 4.74 Å². The normalized spacial score (nSPS) is 12.6. The Kier molecular flexibility index (Phi) is 4.43. The predicted octanol–water partition coefficient (Wildman–Crippen LogP) is 3.01. The Labute approximate surface area is 95.8 Å². The summed E-state index contributed by atoms with van der Waals surface area (Å²) in [7, 11) is 1.64. The predicted molar refractivity (Wildman–Crippen MR) is 62.9 cm³/mol. The lowest BCUT2D eigenvalue weighted by Crippen LogP contribution is -2.05. The summed E-state index contributed by atoms with van der Waals surface area (Å²) in [6.07, 6.45) is 0.875. The number of hydrogen-bond acceptors (Lipinski definition) is 2. The summed E-state index contributed by atoms with van der Waals surface area (Å²) in [5.41, 5.74) is 2.20. The van der Waals surface area contributed by atoms with Crippen molar-refractivity contribution in [3.63, 3.8) is 0 Å². The van der Waals surface area contributed by atoms with Gasteiger partial charge in [0, 0.05) is 17.5 Å². The van der Waals surface area contributed by atoms with E-state index in [0.29, 0.717) is 5.02 Å². The lowest BCUT2D eigenvalue weighted by molar-refractivity contribution is 0.272. The third-order valence-electron chi connectivity index (χ3n) is 2.59. The van der Waals surface area contributed by atoms with E-state index in [4.69, 9.17) is 16.3 Å². The van der Waals surface area contributed by atoms with Crippen molar-refractivity contribution in [2.24, 2.45) is 0 Å². The van der Waals surface area contributed by atoms with Gasteiger partial charge in [-0.1, -0.05) is 25.4 Å². The van der Waals surface area contributed by atoms with E-state index >= 15 is 0 Å². The number of ether oxygens (including phenoxy) is 1. The van der Waals surface area contributed by atoms with Crippen LogP contribution in [-0.2, 0) is 6.42 Å². The largest absolute Gasteiger partial charge is 0.496 e. The minimum atomic E-state index is 0.0903. The lowest BCUT2D eigenvalue weighted by atomic mass is 9.94. The summed E-state index contributed by atoms with van der Waals surface area (Å²) in [4.78, 5) is 0. The topological polar surface area (TPSA) is 29.5 Å². The molecule has 0 aromatic heterocycles. The van der Waals surface area contributed by atoms with Gasteiger partial charge in [-0.2, -0.15) is 0 Å². The highest BCUT2D eigenvalue weighted by atomic mass is 35.5. The molecule has 0 aliphatic rings. The Morgan fingerprint density at radius 3 is 2.60 bits per heavy atom. The van der Waals surface area contributed by atoms with Gasteiger partial charge in [0.05, 0.1) is 7.11 Å². The molecule has 1 aromatic carbocycles. The fraction of sp³-hybridized carbons (Fsp3) is 0.500. The smallest absolute Gasteiger partial charge is 0.123 e. The Balaban J connectivity index is 3.28. The second-order valence-electron chi connectivity index (χ2n) is 3.61. The molecule has 0 radical (unpaired) electrons. The first-order chi connectivity index (χ1) is 7.13. The lowest BCUT2D eigenvalue weighted by Gasteiger charge is -2.17. The first-order valence-corrected chi connectivity index (χ1v) is 5.49. The van der Waals surface area contributed by atoms with Gasteiger partial charge in [0.1, 0.15) is 5.75 Å². The number of hydrogen-bond donors (Lipinski definition) is 1. The number of rotatable bonds is 4. The van der Waals surface area contributed by atoms with E-state index in [-0.39, 0.29) is 12.5 Å². The molecule has 0 aliphatic carbocycles. The number of halogens is 1. The molecule has 0 aliphatic heterocycles. The molecule has 1 atom stereocenters. The van der Waals surface area contributed by atoms with Crippen molar-refractivity contribution in [2.45, 2.75) is 26.2 Å². The van der Waals surface area contributed by atoms with Crippen LogP contribution in [0.3, 0.4) is 0 Å². The zero-order valence-corrected chi connectivity index (χ0v) is 10.1. The monoisotopic (exact) mass is 228 g/mol. The Bertz CT molecular complexity index is 337. The number of aliphatic hydroxyl groups excluding tert-OH is 1. The minimum Gasteiger partial charge on any atom is -0.496 e. The molecule has 0 saturated carbocycles. The summed E-state index contributed by atoms with van der Waals surface area (Å²) in [6, 6.07) is 3.72. The Morgan fingerprint density at radius 1 is 1.47 bits per heavy atom.